The number of fused-ring (bicyclic) bond motifs is 1. The first-order chi connectivity index (χ1) is 12.0. The molecule has 1 aromatic carbocycles. The van der Waals surface area contributed by atoms with Crippen LogP contribution in [0.1, 0.15) is 24.0 Å². The fourth-order valence-corrected chi connectivity index (χ4v) is 5.49. The van der Waals surface area contributed by atoms with Crippen LogP contribution in [0.4, 0.5) is 5.69 Å². The normalized spacial score (nSPS) is 20.5. The van der Waals surface area contributed by atoms with Crippen LogP contribution >= 0.6 is 12.4 Å². The maximum atomic E-state index is 12.8. The third-order valence-electron chi connectivity index (χ3n) is 5.26. The van der Waals surface area contributed by atoms with Gasteiger partial charge in [0.1, 0.15) is 0 Å². The molecule has 2 aliphatic heterocycles. The molecule has 6 nitrogen and oxygen atoms in total. The van der Waals surface area contributed by atoms with E-state index in [4.69, 9.17) is 4.74 Å². The van der Waals surface area contributed by atoms with Gasteiger partial charge in [-0.05, 0) is 36.9 Å². The molecule has 0 aliphatic carbocycles. The summed E-state index contributed by atoms with van der Waals surface area (Å²) in [7, 11) is -0.0285. The largest absolute Gasteiger partial charge is 0.384 e. The predicted molar refractivity (Wildman–Crippen MR) is 108 cm³/mol. The Labute approximate surface area is 163 Å². The molecule has 2 heterocycles. The first kappa shape index (κ1) is 21.4. The average molecular weight is 404 g/mol. The van der Waals surface area contributed by atoms with Crippen molar-refractivity contribution < 1.29 is 13.2 Å². The number of likely N-dealkylation sites (N-methyl/N-ethyl adjacent to an activating group) is 1. The number of benzene rings is 1. The van der Waals surface area contributed by atoms with E-state index in [1.165, 1.54) is 21.1 Å². The second kappa shape index (κ2) is 9.37. The number of sulfonamides is 1. The molecule has 0 aromatic heterocycles. The van der Waals surface area contributed by atoms with Crippen LogP contribution in [0.15, 0.2) is 18.2 Å². The quantitative estimate of drug-likeness (QED) is 0.753. The summed E-state index contributed by atoms with van der Waals surface area (Å²) >= 11 is 0. The van der Waals surface area contributed by atoms with Crippen molar-refractivity contribution in [1.82, 2.24) is 9.21 Å². The monoisotopic (exact) mass is 403 g/mol. The van der Waals surface area contributed by atoms with Gasteiger partial charge in [-0.3, -0.25) is 4.90 Å². The zero-order valence-corrected chi connectivity index (χ0v) is 17.2. The summed E-state index contributed by atoms with van der Waals surface area (Å²) in [4.78, 5) is 2.28. The lowest BCUT2D eigenvalue weighted by molar-refractivity contribution is 0.182. The number of ether oxygens (including phenoxy) is 1. The number of hydrogen-bond acceptors (Lipinski definition) is 5. The van der Waals surface area contributed by atoms with Crippen molar-refractivity contribution in [2.45, 2.75) is 31.1 Å². The lowest BCUT2D eigenvalue weighted by Crippen LogP contribution is -2.47. The van der Waals surface area contributed by atoms with Crippen LogP contribution in [0.3, 0.4) is 0 Å². The van der Waals surface area contributed by atoms with Crippen LogP contribution in [0.25, 0.3) is 0 Å². The molecule has 0 saturated carbocycles. The van der Waals surface area contributed by atoms with Crippen molar-refractivity contribution in [3.8, 4) is 0 Å². The zero-order valence-electron chi connectivity index (χ0n) is 15.6. The maximum Gasteiger partial charge on any atom is 0.218 e. The highest BCUT2D eigenvalue weighted by molar-refractivity contribution is 7.89. The first-order valence-electron chi connectivity index (χ1n) is 9.03. The van der Waals surface area contributed by atoms with Gasteiger partial charge < -0.3 is 10.1 Å². The Morgan fingerprint density at radius 3 is 2.96 bits per heavy atom. The summed E-state index contributed by atoms with van der Waals surface area (Å²) < 4.78 is 32.1. The number of rotatable bonds is 7. The molecule has 26 heavy (non-hydrogen) atoms. The van der Waals surface area contributed by atoms with Gasteiger partial charge >= 0.3 is 0 Å². The summed E-state index contributed by atoms with van der Waals surface area (Å²) in [5, 5.41) is 3.15. The molecule has 1 fully saturated rings. The van der Waals surface area contributed by atoms with Crippen LogP contribution in [-0.4, -0.2) is 69.8 Å². The third kappa shape index (κ3) is 4.70. The summed E-state index contributed by atoms with van der Waals surface area (Å²) in [6, 6.07) is 6.44. The minimum atomic E-state index is -3.27. The second-order valence-corrected chi connectivity index (χ2v) is 9.31. The Bertz CT molecular complexity index is 699. The molecule has 8 heteroatoms. The maximum absolute atomic E-state index is 12.8. The van der Waals surface area contributed by atoms with E-state index in [0.29, 0.717) is 19.7 Å². The summed E-state index contributed by atoms with van der Waals surface area (Å²) in [6.45, 7) is 4.19. The second-order valence-electron chi connectivity index (χ2n) is 6.99. The van der Waals surface area contributed by atoms with E-state index in [9.17, 15) is 8.42 Å². The zero-order chi connectivity index (χ0) is 17.9. The number of para-hydroxylation sites is 1. The molecule has 0 radical (unpaired) electrons. The van der Waals surface area contributed by atoms with E-state index in [-0.39, 0.29) is 17.7 Å². The molecule has 1 aromatic rings. The minimum Gasteiger partial charge on any atom is -0.384 e. The first-order valence-corrected chi connectivity index (χ1v) is 10.5. The number of piperidine rings is 1. The predicted octanol–water partition coefficient (Wildman–Crippen LogP) is 1.95. The van der Waals surface area contributed by atoms with Gasteiger partial charge in [0.25, 0.3) is 0 Å². The van der Waals surface area contributed by atoms with Gasteiger partial charge in [-0.25, -0.2) is 12.7 Å². The summed E-state index contributed by atoms with van der Waals surface area (Å²) in [6.07, 6.45) is 2.73. The number of hydrogen-bond donors (Lipinski definition) is 1. The smallest absolute Gasteiger partial charge is 0.218 e. The highest BCUT2D eigenvalue weighted by Crippen LogP contribution is 2.29. The van der Waals surface area contributed by atoms with Gasteiger partial charge in [0.15, 0.2) is 0 Å². The van der Waals surface area contributed by atoms with Crippen LogP contribution in [0, 0.1) is 0 Å². The Kier molecular flexibility index (Phi) is 7.73. The van der Waals surface area contributed by atoms with Crippen molar-refractivity contribution in [3.63, 3.8) is 0 Å². The van der Waals surface area contributed by atoms with E-state index in [0.717, 1.165) is 38.9 Å². The van der Waals surface area contributed by atoms with E-state index < -0.39 is 10.0 Å². The molecular formula is C18H30ClN3O3S. The third-order valence-corrected chi connectivity index (χ3v) is 7.53. The number of methoxy groups -OCH3 is 1. The number of halogens is 1. The van der Waals surface area contributed by atoms with Gasteiger partial charge in [0, 0.05) is 46.0 Å². The van der Waals surface area contributed by atoms with E-state index >= 15 is 0 Å². The molecule has 1 saturated heterocycles. The van der Waals surface area contributed by atoms with Crippen LogP contribution < -0.4 is 5.32 Å². The molecule has 0 amide bonds. The Hall–Kier alpha value is -0.860. The Morgan fingerprint density at radius 1 is 1.38 bits per heavy atom. The van der Waals surface area contributed by atoms with Crippen LogP contribution in [-0.2, 0) is 27.7 Å². The lowest BCUT2D eigenvalue weighted by Gasteiger charge is -2.34. The molecule has 148 valence electrons. The summed E-state index contributed by atoms with van der Waals surface area (Å²) in [5.41, 5.74) is 3.91. The number of nitrogens with one attached hydrogen (secondary N) is 1. The number of anilines is 1. The number of likely N-dealkylation sites (tertiary alicyclic amines) is 1. The lowest BCUT2D eigenvalue weighted by atomic mass is 10.1. The van der Waals surface area contributed by atoms with E-state index in [1.807, 2.05) is 0 Å². The van der Waals surface area contributed by atoms with Crippen molar-refractivity contribution in [2.75, 3.05) is 52.3 Å². The van der Waals surface area contributed by atoms with Crippen molar-refractivity contribution in [1.29, 1.82) is 0 Å². The Balaban J connectivity index is 0.00000243. The minimum absolute atomic E-state index is 0. The van der Waals surface area contributed by atoms with Gasteiger partial charge in [-0.1, -0.05) is 18.2 Å². The molecular weight excluding hydrogens is 374 g/mol. The molecule has 0 spiro atoms. The van der Waals surface area contributed by atoms with E-state index in [2.05, 4.69) is 28.4 Å². The van der Waals surface area contributed by atoms with Crippen LogP contribution in [0.5, 0.6) is 0 Å². The fraction of sp³-hybridized carbons (Fsp3) is 0.667. The molecule has 0 bridgehead atoms. The summed E-state index contributed by atoms with van der Waals surface area (Å²) in [5.74, 6) is 0. The molecule has 1 atom stereocenters. The highest BCUT2D eigenvalue weighted by Gasteiger charge is 2.33. The topological polar surface area (TPSA) is 61.9 Å². The average Bonchev–Trinajstić information content (AvgIpc) is 3.09. The van der Waals surface area contributed by atoms with Gasteiger partial charge in [0.05, 0.1) is 11.9 Å². The fourth-order valence-electron chi connectivity index (χ4n) is 3.78. The standard InChI is InChI=1S/C18H29N3O3S.ClH/c1-20(11-12-24-2)25(22,23)17-7-4-10-21(14-17)13-16-6-3-5-15-8-9-19-18(15)16;/h3,5-6,17,19H,4,7-14H2,1-2H3;1H. The molecule has 2 aliphatic rings. The van der Waals surface area contributed by atoms with Gasteiger partial charge in [0.2, 0.25) is 10.0 Å². The van der Waals surface area contributed by atoms with Crippen molar-refractivity contribution in [3.05, 3.63) is 29.3 Å². The molecule has 1 unspecified atom stereocenters. The van der Waals surface area contributed by atoms with Gasteiger partial charge in [-0.15, -0.1) is 12.4 Å². The molecule has 1 N–H and O–H groups in total. The SMILES string of the molecule is COCCN(C)S(=O)(=O)C1CCCN(Cc2cccc3c2NCC3)C1.Cl. The van der Waals surface area contributed by atoms with Crippen molar-refractivity contribution in [2.24, 2.45) is 0 Å². The highest BCUT2D eigenvalue weighted by atomic mass is 35.5. The number of nitrogens with zero attached hydrogens (tertiary/aromatic N) is 2. The van der Waals surface area contributed by atoms with Gasteiger partial charge in [-0.2, -0.15) is 0 Å². The Morgan fingerprint density at radius 2 is 2.19 bits per heavy atom. The molecule has 3 rings (SSSR count). The van der Waals surface area contributed by atoms with E-state index in [1.54, 1.807) is 14.2 Å². The van der Waals surface area contributed by atoms with Crippen molar-refractivity contribution >= 4 is 28.1 Å². The van der Waals surface area contributed by atoms with Crippen LogP contribution in [0.2, 0.25) is 0 Å².